The molecule has 0 fully saturated rings. The van der Waals surface area contributed by atoms with E-state index in [1.54, 1.807) is 6.07 Å². The highest BCUT2D eigenvalue weighted by Gasteiger charge is 2.22. The van der Waals surface area contributed by atoms with Crippen LogP contribution < -0.4 is 5.73 Å². The monoisotopic (exact) mass is 285 g/mol. The van der Waals surface area contributed by atoms with E-state index in [4.69, 9.17) is 5.73 Å². The molecule has 3 N–H and O–H groups in total. The Morgan fingerprint density at radius 1 is 1.50 bits per heavy atom. The van der Waals surface area contributed by atoms with Crippen molar-refractivity contribution in [2.24, 2.45) is 5.73 Å². The maximum Gasteiger partial charge on any atom is 0.139 e. The van der Waals surface area contributed by atoms with Crippen molar-refractivity contribution in [3.8, 4) is 0 Å². The Kier molecular flexibility index (Phi) is 2.75. The van der Waals surface area contributed by atoms with E-state index >= 15 is 0 Å². The van der Waals surface area contributed by atoms with Gasteiger partial charge in [-0.05, 0) is 22.0 Å². The maximum atomic E-state index is 13.3. The first-order valence-electron chi connectivity index (χ1n) is 4.99. The first kappa shape index (κ1) is 11.5. The number of nitrogens with one attached hydrogen (secondary N) is 1. The Morgan fingerprint density at radius 2 is 2.19 bits per heavy atom. The predicted octanol–water partition coefficient (Wildman–Crippen LogP) is 2.70. The summed E-state index contributed by atoms with van der Waals surface area (Å²) in [5, 5.41) is 0. The Hall–Kier alpha value is -0.940. The molecule has 0 bridgehead atoms. The van der Waals surface area contributed by atoms with Crippen LogP contribution in [0.4, 0.5) is 4.39 Å². The first-order chi connectivity index (χ1) is 7.44. The number of hydrogen-bond donors (Lipinski definition) is 2. The quantitative estimate of drug-likeness (QED) is 0.891. The normalized spacial score (nSPS) is 12.3. The van der Waals surface area contributed by atoms with Gasteiger partial charge in [-0.1, -0.05) is 13.8 Å². The van der Waals surface area contributed by atoms with Crippen molar-refractivity contribution < 1.29 is 4.39 Å². The van der Waals surface area contributed by atoms with Gasteiger partial charge >= 0.3 is 0 Å². The molecule has 1 aromatic heterocycles. The van der Waals surface area contributed by atoms with Gasteiger partial charge in [-0.2, -0.15) is 0 Å². The summed E-state index contributed by atoms with van der Waals surface area (Å²) in [4.78, 5) is 7.53. The molecule has 0 atom stereocenters. The van der Waals surface area contributed by atoms with E-state index in [-0.39, 0.29) is 11.2 Å². The summed E-state index contributed by atoms with van der Waals surface area (Å²) in [6.07, 6.45) is 0. The second kappa shape index (κ2) is 3.82. The third-order valence-corrected chi connectivity index (χ3v) is 3.28. The van der Waals surface area contributed by atoms with Crippen LogP contribution in [-0.4, -0.2) is 16.5 Å². The highest BCUT2D eigenvalue weighted by molar-refractivity contribution is 9.10. The van der Waals surface area contributed by atoms with E-state index in [1.807, 2.05) is 13.8 Å². The van der Waals surface area contributed by atoms with Crippen LogP contribution >= 0.6 is 15.9 Å². The summed E-state index contributed by atoms with van der Waals surface area (Å²) in [6.45, 7) is 4.47. The molecule has 0 spiro atoms. The molecule has 1 aromatic carbocycles. The largest absolute Gasteiger partial charge is 0.341 e. The van der Waals surface area contributed by atoms with Crippen molar-refractivity contribution in [2.75, 3.05) is 6.54 Å². The van der Waals surface area contributed by atoms with Gasteiger partial charge in [0.1, 0.15) is 11.6 Å². The van der Waals surface area contributed by atoms with Crippen LogP contribution in [0.25, 0.3) is 11.0 Å². The highest BCUT2D eigenvalue weighted by Crippen LogP contribution is 2.25. The molecular formula is C11H13BrFN3. The van der Waals surface area contributed by atoms with Crippen LogP contribution in [0.2, 0.25) is 0 Å². The van der Waals surface area contributed by atoms with Gasteiger partial charge in [0.15, 0.2) is 0 Å². The third-order valence-electron chi connectivity index (χ3n) is 2.68. The lowest BCUT2D eigenvalue weighted by Gasteiger charge is -2.18. The molecule has 0 saturated carbocycles. The van der Waals surface area contributed by atoms with Gasteiger partial charge in [-0.15, -0.1) is 0 Å². The zero-order valence-corrected chi connectivity index (χ0v) is 10.7. The van der Waals surface area contributed by atoms with E-state index in [1.165, 1.54) is 6.07 Å². The first-order valence-corrected chi connectivity index (χ1v) is 5.78. The fourth-order valence-corrected chi connectivity index (χ4v) is 1.75. The standard InChI is InChI=1S/C11H13BrFN3/c1-11(2,5-14)10-15-8-3-6(12)7(13)4-9(8)16-10/h3-4H,5,14H2,1-2H3,(H,15,16). The van der Waals surface area contributed by atoms with Crippen LogP contribution in [0.5, 0.6) is 0 Å². The van der Waals surface area contributed by atoms with Gasteiger partial charge in [0.05, 0.1) is 15.5 Å². The zero-order chi connectivity index (χ0) is 11.9. The van der Waals surface area contributed by atoms with Gasteiger partial charge in [0, 0.05) is 18.0 Å². The second-order valence-corrected chi connectivity index (χ2v) is 5.31. The fourth-order valence-electron chi connectivity index (χ4n) is 1.42. The number of H-pyrrole nitrogens is 1. The third kappa shape index (κ3) is 1.85. The van der Waals surface area contributed by atoms with Gasteiger partial charge in [0.2, 0.25) is 0 Å². The van der Waals surface area contributed by atoms with E-state index in [0.29, 0.717) is 16.5 Å². The molecule has 0 saturated heterocycles. The van der Waals surface area contributed by atoms with E-state index in [2.05, 4.69) is 25.9 Å². The Morgan fingerprint density at radius 3 is 2.81 bits per heavy atom. The molecule has 1 heterocycles. The molecular weight excluding hydrogens is 273 g/mol. The summed E-state index contributed by atoms with van der Waals surface area (Å²) in [5.41, 5.74) is 6.87. The molecule has 0 amide bonds. The average Bonchev–Trinajstić information content (AvgIpc) is 2.62. The number of aromatic amines is 1. The number of imidazole rings is 1. The van der Waals surface area contributed by atoms with Crippen molar-refractivity contribution in [2.45, 2.75) is 19.3 Å². The lowest BCUT2D eigenvalue weighted by Crippen LogP contribution is -2.29. The maximum absolute atomic E-state index is 13.3. The minimum atomic E-state index is -0.298. The lowest BCUT2D eigenvalue weighted by molar-refractivity contribution is 0.509. The predicted molar refractivity (Wildman–Crippen MR) is 65.8 cm³/mol. The van der Waals surface area contributed by atoms with Gasteiger partial charge < -0.3 is 10.7 Å². The molecule has 0 aliphatic heterocycles. The average molecular weight is 286 g/mol. The van der Waals surface area contributed by atoms with Gasteiger partial charge in [0.25, 0.3) is 0 Å². The van der Waals surface area contributed by atoms with Crippen molar-refractivity contribution in [3.63, 3.8) is 0 Å². The Labute approximate surface area is 101 Å². The van der Waals surface area contributed by atoms with E-state index < -0.39 is 0 Å². The SMILES string of the molecule is CC(C)(CN)c1nc2cc(Br)c(F)cc2[nH]1. The van der Waals surface area contributed by atoms with Gasteiger partial charge in [-0.3, -0.25) is 0 Å². The molecule has 16 heavy (non-hydrogen) atoms. The summed E-state index contributed by atoms with van der Waals surface area (Å²) in [7, 11) is 0. The smallest absolute Gasteiger partial charge is 0.139 e. The van der Waals surface area contributed by atoms with Crippen LogP contribution in [0, 0.1) is 5.82 Å². The van der Waals surface area contributed by atoms with E-state index in [9.17, 15) is 4.39 Å². The summed E-state index contributed by atoms with van der Waals surface area (Å²) >= 11 is 3.14. The summed E-state index contributed by atoms with van der Waals surface area (Å²) < 4.78 is 13.7. The summed E-state index contributed by atoms with van der Waals surface area (Å²) in [5.74, 6) is 0.482. The number of aromatic nitrogens is 2. The number of nitrogens with zero attached hydrogens (tertiary/aromatic N) is 1. The van der Waals surface area contributed by atoms with Crippen LogP contribution in [0.3, 0.4) is 0 Å². The number of hydrogen-bond acceptors (Lipinski definition) is 2. The molecule has 3 nitrogen and oxygen atoms in total. The van der Waals surface area contributed by atoms with Crippen molar-refractivity contribution >= 4 is 27.0 Å². The van der Waals surface area contributed by atoms with Crippen molar-refractivity contribution in [1.82, 2.24) is 9.97 Å². The summed E-state index contributed by atoms with van der Waals surface area (Å²) in [6, 6.07) is 3.10. The Balaban J connectivity index is 2.61. The molecule has 0 unspecified atom stereocenters. The molecule has 2 rings (SSSR count). The molecule has 0 aliphatic carbocycles. The highest BCUT2D eigenvalue weighted by atomic mass is 79.9. The van der Waals surface area contributed by atoms with Crippen molar-refractivity contribution in [1.29, 1.82) is 0 Å². The topological polar surface area (TPSA) is 54.7 Å². The number of benzene rings is 1. The number of fused-ring (bicyclic) bond motifs is 1. The zero-order valence-electron chi connectivity index (χ0n) is 9.14. The molecule has 0 aliphatic rings. The van der Waals surface area contributed by atoms with Crippen molar-refractivity contribution in [3.05, 3.63) is 28.2 Å². The van der Waals surface area contributed by atoms with Crippen LogP contribution in [0.1, 0.15) is 19.7 Å². The molecule has 5 heteroatoms. The molecule has 2 aromatic rings. The fraction of sp³-hybridized carbons (Fsp3) is 0.364. The minimum absolute atomic E-state index is 0.234. The van der Waals surface area contributed by atoms with E-state index in [0.717, 1.165) is 11.3 Å². The van der Waals surface area contributed by atoms with Gasteiger partial charge in [-0.25, -0.2) is 9.37 Å². The number of rotatable bonds is 2. The second-order valence-electron chi connectivity index (χ2n) is 4.46. The molecule has 86 valence electrons. The Bertz CT molecular complexity index is 494. The lowest BCUT2D eigenvalue weighted by atomic mass is 9.93. The minimum Gasteiger partial charge on any atom is -0.341 e. The molecule has 0 radical (unpaired) electrons. The van der Waals surface area contributed by atoms with Crippen LogP contribution in [-0.2, 0) is 5.41 Å². The number of halogens is 2. The van der Waals surface area contributed by atoms with Crippen LogP contribution in [0.15, 0.2) is 16.6 Å². The number of nitrogens with two attached hydrogens (primary N) is 1.